The Kier molecular flexibility index (Phi) is 4.58. The van der Waals surface area contributed by atoms with Crippen molar-refractivity contribution in [1.29, 1.82) is 5.26 Å². The molecule has 0 saturated heterocycles. The van der Waals surface area contributed by atoms with E-state index < -0.39 is 12.9 Å². The minimum absolute atomic E-state index is 0.0567. The second-order valence-corrected chi connectivity index (χ2v) is 4.59. The molecule has 0 aliphatic rings. The SMILES string of the molecule is Cc1cc(OCc2cc(F)ccc2C#N)ccc1B(O)O. The molecule has 0 aliphatic heterocycles. The molecule has 2 aromatic rings. The van der Waals surface area contributed by atoms with Crippen molar-refractivity contribution in [2.45, 2.75) is 13.5 Å². The van der Waals surface area contributed by atoms with E-state index in [1.165, 1.54) is 18.2 Å². The number of aryl methyl sites for hydroxylation is 1. The molecule has 0 fully saturated rings. The quantitative estimate of drug-likeness (QED) is 0.829. The Bertz CT molecular complexity index is 698. The van der Waals surface area contributed by atoms with Gasteiger partial charge in [0.1, 0.15) is 18.2 Å². The van der Waals surface area contributed by atoms with Crippen molar-refractivity contribution in [1.82, 2.24) is 0 Å². The van der Waals surface area contributed by atoms with Gasteiger partial charge in [-0.15, -0.1) is 0 Å². The van der Waals surface area contributed by atoms with Crippen LogP contribution < -0.4 is 10.2 Å². The van der Waals surface area contributed by atoms with Crippen molar-refractivity contribution in [2.24, 2.45) is 0 Å². The number of hydrogen-bond acceptors (Lipinski definition) is 4. The Morgan fingerprint density at radius 3 is 2.62 bits per heavy atom. The summed E-state index contributed by atoms with van der Waals surface area (Å²) in [6, 6.07) is 10.7. The van der Waals surface area contributed by atoms with Gasteiger partial charge in [-0.1, -0.05) is 6.07 Å². The lowest BCUT2D eigenvalue weighted by atomic mass is 9.77. The van der Waals surface area contributed by atoms with Gasteiger partial charge in [0.2, 0.25) is 0 Å². The average Bonchev–Trinajstić information content (AvgIpc) is 2.45. The second-order valence-electron chi connectivity index (χ2n) is 4.59. The van der Waals surface area contributed by atoms with Crippen molar-refractivity contribution in [3.8, 4) is 11.8 Å². The summed E-state index contributed by atoms with van der Waals surface area (Å²) in [7, 11) is -1.53. The molecule has 0 unspecified atom stereocenters. The number of ether oxygens (including phenoxy) is 1. The summed E-state index contributed by atoms with van der Waals surface area (Å²) in [6.45, 7) is 1.78. The topological polar surface area (TPSA) is 73.5 Å². The van der Waals surface area contributed by atoms with Gasteiger partial charge in [-0.25, -0.2) is 4.39 Å². The van der Waals surface area contributed by atoms with E-state index in [9.17, 15) is 4.39 Å². The maximum absolute atomic E-state index is 13.2. The molecule has 0 radical (unpaired) electrons. The highest BCUT2D eigenvalue weighted by Gasteiger charge is 2.14. The zero-order valence-corrected chi connectivity index (χ0v) is 11.4. The minimum Gasteiger partial charge on any atom is -0.489 e. The Morgan fingerprint density at radius 1 is 1.24 bits per heavy atom. The molecule has 0 aromatic heterocycles. The predicted octanol–water partition coefficient (Wildman–Crippen LogP) is 1.26. The molecular weight excluding hydrogens is 272 g/mol. The fraction of sp³-hybridized carbons (Fsp3) is 0.133. The van der Waals surface area contributed by atoms with Gasteiger partial charge in [-0.3, -0.25) is 0 Å². The molecule has 4 nitrogen and oxygen atoms in total. The molecular formula is C15H13BFNO3. The molecule has 0 amide bonds. The Hall–Kier alpha value is -2.36. The van der Waals surface area contributed by atoms with E-state index in [4.69, 9.17) is 20.0 Å². The molecule has 2 rings (SSSR count). The molecule has 0 bridgehead atoms. The van der Waals surface area contributed by atoms with Crippen LogP contribution in [0.3, 0.4) is 0 Å². The molecule has 106 valence electrons. The zero-order valence-electron chi connectivity index (χ0n) is 11.4. The van der Waals surface area contributed by atoms with Crippen LogP contribution in [0.2, 0.25) is 0 Å². The number of hydrogen-bond donors (Lipinski definition) is 2. The van der Waals surface area contributed by atoms with Gasteiger partial charge < -0.3 is 14.8 Å². The first-order valence-corrected chi connectivity index (χ1v) is 6.29. The van der Waals surface area contributed by atoms with E-state index >= 15 is 0 Å². The highest BCUT2D eigenvalue weighted by Crippen LogP contribution is 2.16. The monoisotopic (exact) mass is 285 g/mol. The predicted molar refractivity (Wildman–Crippen MR) is 76.5 cm³/mol. The fourth-order valence-electron chi connectivity index (χ4n) is 1.98. The van der Waals surface area contributed by atoms with Gasteiger partial charge in [0, 0.05) is 5.56 Å². The molecule has 6 heteroatoms. The third kappa shape index (κ3) is 3.60. The van der Waals surface area contributed by atoms with Crippen LogP contribution in [0.25, 0.3) is 0 Å². The van der Waals surface area contributed by atoms with E-state index in [0.717, 1.165) is 0 Å². The molecule has 0 aliphatic carbocycles. The lowest BCUT2D eigenvalue weighted by Crippen LogP contribution is -2.31. The molecule has 2 N–H and O–H groups in total. The largest absolute Gasteiger partial charge is 0.489 e. The van der Waals surface area contributed by atoms with E-state index in [1.54, 1.807) is 25.1 Å². The van der Waals surface area contributed by atoms with Crippen LogP contribution in [-0.4, -0.2) is 17.2 Å². The van der Waals surface area contributed by atoms with Crippen LogP contribution in [0.15, 0.2) is 36.4 Å². The lowest BCUT2D eigenvalue weighted by molar-refractivity contribution is 0.305. The van der Waals surface area contributed by atoms with Crippen molar-refractivity contribution < 1.29 is 19.2 Å². The van der Waals surface area contributed by atoms with Gasteiger partial charge in [-0.05, 0) is 48.3 Å². The average molecular weight is 285 g/mol. The van der Waals surface area contributed by atoms with Gasteiger partial charge in [0.25, 0.3) is 0 Å². The maximum atomic E-state index is 13.2. The van der Waals surface area contributed by atoms with Gasteiger partial charge in [0.05, 0.1) is 11.6 Å². The Morgan fingerprint density at radius 2 is 2.00 bits per heavy atom. The van der Waals surface area contributed by atoms with Crippen molar-refractivity contribution in [3.05, 3.63) is 58.9 Å². The molecule has 0 spiro atoms. The summed E-state index contributed by atoms with van der Waals surface area (Å²) >= 11 is 0. The van der Waals surface area contributed by atoms with E-state index in [1.807, 2.05) is 6.07 Å². The molecule has 0 heterocycles. The first-order chi connectivity index (χ1) is 10.0. The van der Waals surface area contributed by atoms with E-state index in [2.05, 4.69) is 0 Å². The van der Waals surface area contributed by atoms with Gasteiger partial charge >= 0.3 is 7.12 Å². The summed E-state index contributed by atoms with van der Waals surface area (Å²) in [4.78, 5) is 0. The van der Waals surface area contributed by atoms with E-state index in [0.29, 0.717) is 27.9 Å². The first-order valence-electron chi connectivity index (χ1n) is 6.29. The van der Waals surface area contributed by atoms with E-state index in [-0.39, 0.29) is 6.61 Å². The number of rotatable bonds is 4. The minimum atomic E-state index is -1.53. The van der Waals surface area contributed by atoms with Crippen molar-refractivity contribution in [2.75, 3.05) is 0 Å². The van der Waals surface area contributed by atoms with Crippen LogP contribution in [-0.2, 0) is 6.61 Å². The highest BCUT2D eigenvalue weighted by molar-refractivity contribution is 6.59. The highest BCUT2D eigenvalue weighted by atomic mass is 19.1. The smallest absolute Gasteiger partial charge is 0.488 e. The summed E-state index contributed by atoms with van der Waals surface area (Å²) in [5.74, 6) is 0.0765. The van der Waals surface area contributed by atoms with Crippen LogP contribution in [0.1, 0.15) is 16.7 Å². The Labute approximate surface area is 122 Å². The fourth-order valence-corrected chi connectivity index (χ4v) is 1.98. The molecule has 21 heavy (non-hydrogen) atoms. The normalized spacial score (nSPS) is 10.0. The summed E-state index contributed by atoms with van der Waals surface area (Å²) < 4.78 is 18.7. The Balaban J connectivity index is 2.16. The number of benzene rings is 2. The van der Waals surface area contributed by atoms with Crippen molar-refractivity contribution in [3.63, 3.8) is 0 Å². The number of nitriles is 1. The second kappa shape index (κ2) is 6.40. The zero-order chi connectivity index (χ0) is 15.4. The third-order valence-electron chi connectivity index (χ3n) is 3.10. The third-order valence-corrected chi connectivity index (χ3v) is 3.10. The molecule has 2 aromatic carbocycles. The van der Waals surface area contributed by atoms with Crippen LogP contribution >= 0.6 is 0 Å². The number of nitrogens with zero attached hydrogens (tertiary/aromatic N) is 1. The van der Waals surface area contributed by atoms with Crippen LogP contribution in [0.4, 0.5) is 4.39 Å². The summed E-state index contributed by atoms with van der Waals surface area (Å²) in [5, 5.41) is 27.2. The van der Waals surface area contributed by atoms with Crippen LogP contribution in [0.5, 0.6) is 5.75 Å². The van der Waals surface area contributed by atoms with Crippen molar-refractivity contribution >= 4 is 12.6 Å². The van der Waals surface area contributed by atoms with Gasteiger partial charge in [-0.2, -0.15) is 5.26 Å². The van der Waals surface area contributed by atoms with Gasteiger partial charge in [0.15, 0.2) is 0 Å². The number of halogens is 1. The maximum Gasteiger partial charge on any atom is 0.488 e. The molecule has 0 atom stereocenters. The summed E-state index contributed by atoms with van der Waals surface area (Å²) in [6.07, 6.45) is 0. The standard InChI is InChI=1S/C15H13BFNO3/c1-10-6-14(4-5-15(10)16(19)20)21-9-12-7-13(17)3-2-11(12)8-18/h2-7,19-20H,9H2,1H3. The lowest BCUT2D eigenvalue weighted by Gasteiger charge is -2.10. The first kappa shape index (κ1) is 15.0. The molecule has 0 saturated carbocycles. The van der Waals surface area contributed by atoms with Crippen LogP contribution in [0, 0.1) is 24.1 Å². The summed E-state index contributed by atoms with van der Waals surface area (Å²) in [5.41, 5.74) is 1.88.